The zero-order valence-corrected chi connectivity index (χ0v) is 13.1. The van der Waals surface area contributed by atoms with E-state index in [-0.39, 0.29) is 11.9 Å². The standard InChI is InChI=1S/C19H19N3O/c1-14-12-15-6-2-4-8-17(15)22(14)19(23)10-11-21-13-20-16-7-3-5-9-18(16)21/h2-9,13-14H,10-12H2,1H3. The maximum atomic E-state index is 12.7. The summed E-state index contributed by atoms with van der Waals surface area (Å²) in [6, 6.07) is 16.4. The minimum Gasteiger partial charge on any atom is -0.330 e. The summed E-state index contributed by atoms with van der Waals surface area (Å²) in [5, 5.41) is 0. The average Bonchev–Trinajstić information content (AvgIpc) is 3.12. The molecule has 2 aromatic carbocycles. The molecule has 0 N–H and O–H groups in total. The summed E-state index contributed by atoms with van der Waals surface area (Å²) in [5.41, 5.74) is 4.39. The SMILES string of the molecule is CC1Cc2ccccc2N1C(=O)CCn1cnc2ccccc21. The minimum absolute atomic E-state index is 0.181. The van der Waals surface area contributed by atoms with Crippen molar-refractivity contribution in [2.75, 3.05) is 4.90 Å². The van der Waals surface area contributed by atoms with E-state index in [0.717, 1.165) is 23.1 Å². The van der Waals surface area contributed by atoms with E-state index in [9.17, 15) is 4.79 Å². The highest BCUT2D eigenvalue weighted by molar-refractivity contribution is 5.96. The van der Waals surface area contributed by atoms with E-state index in [0.29, 0.717) is 13.0 Å². The van der Waals surface area contributed by atoms with Crippen molar-refractivity contribution in [3.8, 4) is 0 Å². The average molecular weight is 305 g/mol. The van der Waals surface area contributed by atoms with Crippen LogP contribution in [-0.4, -0.2) is 21.5 Å². The Hall–Kier alpha value is -2.62. The molecule has 4 heteroatoms. The smallest absolute Gasteiger partial charge is 0.229 e. The highest BCUT2D eigenvalue weighted by Gasteiger charge is 2.30. The Morgan fingerprint density at radius 3 is 2.87 bits per heavy atom. The van der Waals surface area contributed by atoms with E-state index in [1.54, 1.807) is 0 Å². The number of hydrogen-bond acceptors (Lipinski definition) is 2. The van der Waals surface area contributed by atoms with Crippen molar-refractivity contribution in [3.63, 3.8) is 0 Å². The molecule has 1 aromatic heterocycles. The number of imidazole rings is 1. The van der Waals surface area contributed by atoms with Crippen LogP contribution in [0, 0.1) is 0 Å². The van der Waals surface area contributed by atoms with Gasteiger partial charge in [0.25, 0.3) is 0 Å². The fourth-order valence-corrected chi connectivity index (χ4v) is 3.47. The third-order valence-electron chi connectivity index (χ3n) is 4.57. The molecule has 0 saturated carbocycles. The van der Waals surface area contributed by atoms with Crippen molar-refractivity contribution in [1.29, 1.82) is 0 Å². The van der Waals surface area contributed by atoms with Gasteiger partial charge in [0.2, 0.25) is 5.91 Å². The summed E-state index contributed by atoms with van der Waals surface area (Å²) in [6.45, 7) is 2.77. The Balaban J connectivity index is 1.52. The molecule has 4 nitrogen and oxygen atoms in total. The lowest BCUT2D eigenvalue weighted by Gasteiger charge is -2.23. The van der Waals surface area contributed by atoms with Crippen LogP contribution in [0.4, 0.5) is 5.69 Å². The number of carbonyl (C=O) groups is 1. The van der Waals surface area contributed by atoms with Gasteiger partial charge >= 0.3 is 0 Å². The van der Waals surface area contributed by atoms with Gasteiger partial charge in [-0.3, -0.25) is 4.79 Å². The summed E-state index contributed by atoms with van der Waals surface area (Å²) < 4.78 is 2.06. The van der Waals surface area contributed by atoms with E-state index in [1.165, 1.54) is 5.56 Å². The van der Waals surface area contributed by atoms with Crippen LogP contribution in [0.5, 0.6) is 0 Å². The highest BCUT2D eigenvalue weighted by atomic mass is 16.2. The molecule has 3 aromatic rings. The van der Waals surface area contributed by atoms with Gasteiger partial charge in [-0.25, -0.2) is 4.98 Å². The lowest BCUT2D eigenvalue weighted by molar-refractivity contribution is -0.119. The molecule has 0 spiro atoms. The Morgan fingerprint density at radius 1 is 1.17 bits per heavy atom. The second-order valence-electron chi connectivity index (χ2n) is 6.12. The number of benzene rings is 2. The van der Waals surface area contributed by atoms with Crippen LogP contribution < -0.4 is 4.90 Å². The monoisotopic (exact) mass is 305 g/mol. The third-order valence-corrected chi connectivity index (χ3v) is 4.57. The van der Waals surface area contributed by atoms with Crippen molar-refractivity contribution in [1.82, 2.24) is 9.55 Å². The van der Waals surface area contributed by atoms with Crippen molar-refractivity contribution < 1.29 is 4.79 Å². The Labute approximate surface area is 135 Å². The summed E-state index contributed by atoms with van der Waals surface area (Å²) in [4.78, 5) is 19.1. The first-order valence-corrected chi connectivity index (χ1v) is 8.04. The molecule has 1 unspecified atom stereocenters. The fraction of sp³-hybridized carbons (Fsp3) is 0.263. The van der Waals surface area contributed by atoms with Crippen LogP contribution >= 0.6 is 0 Å². The fourth-order valence-electron chi connectivity index (χ4n) is 3.47. The maximum Gasteiger partial charge on any atom is 0.229 e. The molecule has 1 amide bonds. The molecule has 1 aliphatic heterocycles. The van der Waals surface area contributed by atoms with Gasteiger partial charge in [-0.15, -0.1) is 0 Å². The van der Waals surface area contributed by atoms with E-state index >= 15 is 0 Å². The van der Waals surface area contributed by atoms with Crippen LogP contribution in [-0.2, 0) is 17.8 Å². The summed E-state index contributed by atoms with van der Waals surface area (Å²) >= 11 is 0. The molecule has 0 bridgehead atoms. The van der Waals surface area contributed by atoms with Gasteiger partial charge in [-0.1, -0.05) is 30.3 Å². The molecule has 116 valence electrons. The van der Waals surface area contributed by atoms with Crippen molar-refractivity contribution in [3.05, 3.63) is 60.4 Å². The Bertz CT molecular complexity index is 868. The van der Waals surface area contributed by atoms with E-state index in [4.69, 9.17) is 0 Å². The van der Waals surface area contributed by atoms with Crippen LogP contribution in [0.15, 0.2) is 54.9 Å². The molecule has 23 heavy (non-hydrogen) atoms. The maximum absolute atomic E-state index is 12.7. The molecule has 0 fully saturated rings. The predicted molar refractivity (Wildman–Crippen MR) is 91.4 cm³/mol. The topological polar surface area (TPSA) is 38.1 Å². The van der Waals surface area contributed by atoms with Gasteiger partial charge in [-0.05, 0) is 37.1 Å². The molecule has 1 atom stereocenters. The quantitative estimate of drug-likeness (QED) is 0.744. The number of hydrogen-bond donors (Lipinski definition) is 0. The lowest BCUT2D eigenvalue weighted by atomic mass is 10.1. The highest BCUT2D eigenvalue weighted by Crippen LogP contribution is 2.32. The van der Waals surface area contributed by atoms with Crippen LogP contribution in [0.25, 0.3) is 11.0 Å². The summed E-state index contributed by atoms with van der Waals surface area (Å²) in [7, 11) is 0. The first-order chi connectivity index (χ1) is 11.2. The second-order valence-corrected chi connectivity index (χ2v) is 6.12. The van der Waals surface area contributed by atoms with Crippen LogP contribution in [0.2, 0.25) is 0 Å². The number of nitrogens with zero attached hydrogens (tertiary/aromatic N) is 3. The zero-order chi connectivity index (χ0) is 15.8. The zero-order valence-electron chi connectivity index (χ0n) is 13.1. The Morgan fingerprint density at radius 2 is 1.96 bits per heavy atom. The second kappa shape index (κ2) is 5.54. The first kappa shape index (κ1) is 14.0. The molecule has 4 rings (SSSR count). The number of para-hydroxylation sites is 3. The van der Waals surface area contributed by atoms with Gasteiger partial charge in [0, 0.05) is 24.7 Å². The van der Waals surface area contributed by atoms with Gasteiger partial charge in [0.15, 0.2) is 0 Å². The van der Waals surface area contributed by atoms with Gasteiger partial charge in [-0.2, -0.15) is 0 Å². The van der Waals surface area contributed by atoms with Gasteiger partial charge < -0.3 is 9.47 Å². The van der Waals surface area contributed by atoms with Crippen molar-refractivity contribution in [2.24, 2.45) is 0 Å². The van der Waals surface area contributed by atoms with E-state index < -0.39 is 0 Å². The number of fused-ring (bicyclic) bond motifs is 2. The predicted octanol–water partition coefficient (Wildman–Crippen LogP) is 3.40. The number of anilines is 1. The first-order valence-electron chi connectivity index (χ1n) is 8.04. The van der Waals surface area contributed by atoms with Crippen molar-refractivity contribution in [2.45, 2.75) is 32.4 Å². The lowest BCUT2D eigenvalue weighted by Crippen LogP contribution is -2.36. The number of aryl methyl sites for hydroxylation is 1. The van der Waals surface area contributed by atoms with Crippen LogP contribution in [0.1, 0.15) is 18.9 Å². The molecule has 0 saturated heterocycles. The van der Waals surface area contributed by atoms with Gasteiger partial charge in [0.1, 0.15) is 0 Å². The molecule has 0 aliphatic carbocycles. The van der Waals surface area contributed by atoms with E-state index in [2.05, 4.69) is 22.5 Å². The summed E-state index contributed by atoms with van der Waals surface area (Å²) in [5.74, 6) is 0.181. The number of aromatic nitrogens is 2. The largest absolute Gasteiger partial charge is 0.330 e. The van der Waals surface area contributed by atoms with Gasteiger partial charge in [0.05, 0.1) is 17.4 Å². The minimum atomic E-state index is 0.181. The Kier molecular flexibility index (Phi) is 3.37. The number of rotatable bonds is 3. The molecule has 2 heterocycles. The molecular weight excluding hydrogens is 286 g/mol. The normalized spacial score (nSPS) is 16.7. The number of carbonyl (C=O) groups excluding carboxylic acids is 1. The van der Waals surface area contributed by atoms with E-state index in [1.807, 2.05) is 53.7 Å². The molecular formula is C19H19N3O. The summed E-state index contributed by atoms with van der Waals surface area (Å²) in [6.07, 6.45) is 3.24. The third kappa shape index (κ3) is 2.40. The van der Waals surface area contributed by atoms with Crippen molar-refractivity contribution >= 4 is 22.6 Å². The molecule has 0 radical (unpaired) electrons. The van der Waals surface area contributed by atoms with Crippen LogP contribution in [0.3, 0.4) is 0 Å². The molecule has 1 aliphatic rings. The number of amides is 1.